The van der Waals surface area contributed by atoms with Crippen LogP contribution in [0.3, 0.4) is 0 Å². The van der Waals surface area contributed by atoms with Crippen molar-refractivity contribution in [2.75, 3.05) is 26.2 Å². The van der Waals surface area contributed by atoms with E-state index >= 15 is 0 Å². The molecule has 3 aromatic carbocycles. The van der Waals surface area contributed by atoms with Crippen LogP contribution in [0.5, 0.6) is 34.5 Å². The van der Waals surface area contributed by atoms with Gasteiger partial charge in [-0.3, -0.25) is 28.0 Å². The second-order valence-corrected chi connectivity index (χ2v) is 15.1. The van der Waals surface area contributed by atoms with Gasteiger partial charge in [-0.25, -0.2) is 0 Å². The first kappa shape index (κ1) is 41.0. The molecule has 3 amide bonds. The maximum absolute atomic E-state index is 13.5. The largest absolute Gasteiger partial charge is 0.504 e. The second kappa shape index (κ2) is 15.9. The Kier molecular flexibility index (Phi) is 12.5. The Morgan fingerprint density at radius 1 is 0.500 bits per heavy atom. The molecule has 0 fully saturated rings. The Labute approximate surface area is 294 Å². The zero-order valence-electron chi connectivity index (χ0n) is 26.3. The molecule has 3 aromatic rings. The topological polar surface area (TPSA) is 363 Å². The van der Waals surface area contributed by atoms with Gasteiger partial charge in [0.05, 0.1) is 31.4 Å². The van der Waals surface area contributed by atoms with E-state index in [1.54, 1.807) is 0 Å². The van der Waals surface area contributed by atoms with E-state index < -0.39 is 114 Å². The molecule has 3 rings (SSSR count). The number of amides is 3. The summed E-state index contributed by atoms with van der Waals surface area (Å²) in [5, 5.41) is 64.5. The summed E-state index contributed by atoms with van der Waals surface area (Å²) in [6.07, 6.45) is -0.0102. The molecule has 52 heavy (non-hydrogen) atoms. The number of aromatic hydroxyl groups is 6. The van der Waals surface area contributed by atoms with Crippen LogP contribution in [0.4, 0.5) is 0 Å². The number of nitrogens with one attached hydrogen (secondary N) is 2. The molecule has 0 aliphatic rings. The number of phenols is 6. The van der Waals surface area contributed by atoms with Crippen molar-refractivity contribution < 1.29 is 83.9 Å². The quantitative estimate of drug-likeness (QED) is 0.0553. The standard InChI is InChI=1S/C28H31N3O18S3/c32-20-11-14(50(41,42)43)8-17(23(20)35)26(38)29-4-1-2-6-31(28(40)19-10-16(52(47,48)49)13-22(34)25(19)37)7-3-5-30-27(39)18-9-15(51(44,45)46)12-21(33)24(18)36/h8-13,32-37H,1-7H2,(H,29,38)(H,30,39)(H,41,42,43)(H,44,45,46)(H,47,48,49). The molecule has 0 radical (unpaired) electrons. The summed E-state index contributed by atoms with van der Waals surface area (Å²) in [5.74, 6) is -9.43. The minimum absolute atomic E-state index is 0.0426. The highest BCUT2D eigenvalue weighted by atomic mass is 32.2. The van der Waals surface area contributed by atoms with Crippen LogP contribution in [0, 0.1) is 0 Å². The van der Waals surface area contributed by atoms with Gasteiger partial charge in [-0.1, -0.05) is 0 Å². The normalized spacial score (nSPS) is 11.9. The van der Waals surface area contributed by atoms with Crippen molar-refractivity contribution in [2.45, 2.75) is 33.9 Å². The van der Waals surface area contributed by atoms with E-state index in [1.165, 1.54) is 0 Å². The van der Waals surface area contributed by atoms with Gasteiger partial charge in [0.15, 0.2) is 34.5 Å². The van der Waals surface area contributed by atoms with Gasteiger partial charge in [0.25, 0.3) is 48.1 Å². The molecule has 21 nitrogen and oxygen atoms in total. The Morgan fingerprint density at radius 3 is 1.21 bits per heavy atom. The van der Waals surface area contributed by atoms with Crippen molar-refractivity contribution in [2.24, 2.45) is 0 Å². The summed E-state index contributed by atoms with van der Waals surface area (Å²) in [6.45, 7) is -0.972. The maximum atomic E-state index is 13.5. The van der Waals surface area contributed by atoms with Crippen molar-refractivity contribution in [1.29, 1.82) is 0 Å². The third-order valence-corrected chi connectivity index (χ3v) is 9.62. The molecule has 0 atom stereocenters. The lowest BCUT2D eigenvalue weighted by atomic mass is 10.1. The van der Waals surface area contributed by atoms with Gasteiger partial charge in [-0.15, -0.1) is 0 Å². The van der Waals surface area contributed by atoms with E-state index in [1.807, 2.05) is 0 Å². The van der Waals surface area contributed by atoms with Gasteiger partial charge < -0.3 is 46.2 Å². The SMILES string of the molecule is O=C(NCCCCN(CCCNC(=O)c1cc(S(=O)(=O)O)cc(O)c1O)C(=O)c1cc(S(=O)(=O)O)cc(O)c1O)c1cc(S(=O)(=O)O)cc(O)c1O. The van der Waals surface area contributed by atoms with Crippen LogP contribution in [0.2, 0.25) is 0 Å². The molecule has 0 saturated carbocycles. The molecule has 24 heteroatoms. The number of carbonyl (C=O) groups excluding carboxylic acids is 3. The number of phenolic OH excluding ortho intramolecular Hbond substituents is 6. The van der Waals surface area contributed by atoms with E-state index in [4.69, 9.17) is 0 Å². The molecular formula is C28H31N3O18S3. The smallest absolute Gasteiger partial charge is 0.294 e. The highest BCUT2D eigenvalue weighted by molar-refractivity contribution is 7.86. The predicted molar refractivity (Wildman–Crippen MR) is 173 cm³/mol. The number of rotatable bonds is 15. The lowest BCUT2D eigenvalue weighted by Gasteiger charge is -2.24. The van der Waals surface area contributed by atoms with Gasteiger partial charge in [-0.05, 0) is 37.5 Å². The van der Waals surface area contributed by atoms with E-state index in [9.17, 15) is 83.9 Å². The van der Waals surface area contributed by atoms with Crippen LogP contribution in [0.15, 0.2) is 51.1 Å². The van der Waals surface area contributed by atoms with Crippen LogP contribution < -0.4 is 10.6 Å². The van der Waals surface area contributed by atoms with E-state index in [2.05, 4.69) is 10.6 Å². The second-order valence-electron chi connectivity index (χ2n) is 10.8. The monoisotopic (exact) mass is 793 g/mol. The highest BCUT2D eigenvalue weighted by Gasteiger charge is 2.26. The zero-order valence-corrected chi connectivity index (χ0v) is 28.7. The summed E-state index contributed by atoms with van der Waals surface area (Å²) < 4.78 is 96.9. The molecule has 11 N–H and O–H groups in total. The van der Waals surface area contributed by atoms with E-state index in [0.717, 1.165) is 4.90 Å². The molecular weight excluding hydrogens is 763 g/mol. The number of nitrogens with zero attached hydrogens (tertiary/aromatic N) is 1. The number of hydrogen-bond acceptors (Lipinski definition) is 15. The van der Waals surface area contributed by atoms with E-state index in [-0.39, 0.29) is 45.4 Å². The third kappa shape index (κ3) is 10.1. The molecule has 0 saturated heterocycles. The first-order valence-electron chi connectivity index (χ1n) is 14.4. The van der Waals surface area contributed by atoms with Crippen LogP contribution in [-0.2, 0) is 30.4 Å². The average molecular weight is 794 g/mol. The highest BCUT2D eigenvalue weighted by Crippen LogP contribution is 2.35. The minimum atomic E-state index is -4.97. The van der Waals surface area contributed by atoms with Gasteiger partial charge >= 0.3 is 0 Å². The van der Waals surface area contributed by atoms with Crippen LogP contribution in [-0.4, -0.2) is 118 Å². The fourth-order valence-electron chi connectivity index (χ4n) is 4.51. The molecule has 0 unspecified atom stereocenters. The first-order valence-corrected chi connectivity index (χ1v) is 18.7. The van der Waals surface area contributed by atoms with Crippen LogP contribution >= 0.6 is 0 Å². The van der Waals surface area contributed by atoms with Crippen molar-refractivity contribution in [3.8, 4) is 34.5 Å². The molecule has 0 heterocycles. The summed E-state index contributed by atoms with van der Waals surface area (Å²) in [4.78, 5) is 36.9. The van der Waals surface area contributed by atoms with E-state index in [0.29, 0.717) is 36.4 Å². The van der Waals surface area contributed by atoms with Crippen molar-refractivity contribution in [3.05, 3.63) is 53.1 Å². The molecule has 0 aliphatic heterocycles. The predicted octanol–water partition coefficient (Wildman–Crippen LogP) is 0.133. The maximum Gasteiger partial charge on any atom is 0.294 e. The third-order valence-electron chi connectivity index (χ3n) is 7.12. The summed E-state index contributed by atoms with van der Waals surface area (Å²) >= 11 is 0. The first-order chi connectivity index (χ1) is 23.9. The van der Waals surface area contributed by atoms with Crippen LogP contribution in [0.25, 0.3) is 0 Å². The fraction of sp³-hybridized carbons (Fsp3) is 0.250. The van der Waals surface area contributed by atoms with Crippen molar-refractivity contribution in [3.63, 3.8) is 0 Å². The zero-order chi connectivity index (χ0) is 39.3. The van der Waals surface area contributed by atoms with Gasteiger partial charge in [0.2, 0.25) is 0 Å². The Bertz CT molecular complexity index is 2240. The molecule has 0 aromatic heterocycles. The Hall–Kier alpha value is -5.40. The number of unbranched alkanes of at least 4 members (excludes halogenated alkanes) is 1. The fourth-order valence-corrected chi connectivity index (χ4v) is 6.10. The average Bonchev–Trinajstić information content (AvgIpc) is 3.03. The minimum Gasteiger partial charge on any atom is -0.504 e. The number of hydrogen-bond donors (Lipinski definition) is 11. The van der Waals surface area contributed by atoms with Gasteiger partial charge in [0, 0.05) is 44.4 Å². The van der Waals surface area contributed by atoms with Gasteiger partial charge in [-0.2, -0.15) is 25.3 Å². The Morgan fingerprint density at radius 2 is 0.827 bits per heavy atom. The molecule has 284 valence electrons. The summed E-state index contributed by atoms with van der Waals surface area (Å²) in [6, 6.07) is 3.27. The Balaban J connectivity index is 1.75. The molecule has 0 aliphatic carbocycles. The molecule has 0 bridgehead atoms. The van der Waals surface area contributed by atoms with Gasteiger partial charge in [0.1, 0.15) is 0 Å². The van der Waals surface area contributed by atoms with Crippen molar-refractivity contribution in [1.82, 2.24) is 15.5 Å². The lowest BCUT2D eigenvalue weighted by Crippen LogP contribution is -2.36. The summed E-state index contributed by atoms with van der Waals surface area (Å²) in [7, 11) is -14.7. The number of carbonyl (C=O) groups is 3. The lowest BCUT2D eigenvalue weighted by molar-refractivity contribution is 0.0744. The van der Waals surface area contributed by atoms with Crippen molar-refractivity contribution >= 4 is 48.1 Å². The summed E-state index contributed by atoms with van der Waals surface area (Å²) in [5.41, 5.74) is -2.20. The van der Waals surface area contributed by atoms with Crippen LogP contribution in [0.1, 0.15) is 50.3 Å². The molecule has 0 spiro atoms. The number of benzene rings is 3.